The van der Waals surface area contributed by atoms with E-state index in [0.717, 1.165) is 24.1 Å². The molecule has 126 valence electrons. The van der Waals surface area contributed by atoms with Crippen molar-refractivity contribution < 1.29 is 14.3 Å². The molecule has 24 heavy (non-hydrogen) atoms. The normalized spacial score (nSPS) is 14.1. The van der Waals surface area contributed by atoms with Crippen molar-refractivity contribution in [3.63, 3.8) is 0 Å². The number of hydrogen-bond donors (Lipinski definition) is 1. The number of carbonyl (C=O) groups is 1. The van der Waals surface area contributed by atoms with Gasteiger partial charge in [0.25, 0.3) is 0 Å². The molecule has 1 aliphatic rings. The van der Waals surface area contributed by atoms with Crippen molar-refractivity contribution in [1.29, 1.82) is 0 Å². The number of esters is 1. The molecule has 1 heterocycles. The third kappa shape index (κ3) is 3.73. The standard InChI is InChI=1S/C17H20N4O3/c1-3-23-15-8-12(9-19-21-10-11(2)20-17(21)18)4-7-14(15)24-16(22)13-5-6-13/h4,7-10,13H,3,5-6H2,1-2H3,(H2,18,20). The molecule has 1 aromatic heterocycles. The Kier molecular flexibility index (Phi) is 4.50. The third-order valence-electron chi connectivity index (χ3n) is 3.55. The number of benzene rings is 1. The lowest BCUT2D eigenvalue weighted by molar-refractivity contribution is -0.135. The molecular formula is C17H20N4O3. The van der Waals surface area contributed by atoms with Crippen LogP contribution in [0.15, 0.2) is 29.5 Å². The van der Waals surface area contributed by atoms with Crippen molar-refractivity contribution >= 4 is 18.1 Å². The van der Waals surface area contributed by atoms with Crippen molar-refractivity contribution in [2.75, 3.05) is 12.3 Å². The van der Waals surface area contributed by atoms with Crippen LogP contribution in [0.1, 0.15) is 31.0 Å². The summed E-state index contributed by atoms with van der Waals surface area (Å²) >= 11 is 0. The van der Waals surface area contributed by atoms with Crippen LogP contribution < -0.4 is 15.2 Å². The Morgan fingerprint density at radius 2 is 2.25 bits per heavy atom. The first-order chi connectivity index (χ1) is 11.6. The molecule has 0 radical (unpaired) electrons. The average molecular weight is 328 g/mol. The molecule has 2 aromatic rings. The number of aryl methyl sites for hydroxylation is 1. The Morgan fingerprint density at radius 1 is 1.46 bits per heavy atom. The number of anilines is 1. The molecule has 1 saturated carbocycles. The molecule has 0 unspecified atom stereocenters. The van der Waals surface area contributed by atoms with Crippen LogP contribution in [0.25, 0.3) is 0 Å². The predicted octanol–water partition coefficient (Wildman–Crippen LogP) is 2.37. The van der Waals surface area contributed by atoms with Crippen molar-refractivity contribution in [2.24, 2.45) is 11.0 Å². The van der Waals surface area contributed by atoms with E-state index in [0.29, 0.717) is 24.1 Å². The number of ether oxygens (including phenoxy) is 2. The number of nitrogen functional groups attached to an aromatic ring is 1. The first-order valence-corrected chi connectivity index (χ1v) is 7.91. The summed E-state index contributed by atoms with van der Waals surface area (Å²) in [5.74, 6) is 1.12. The van der Waals surface area contributed by atoms with E-state index in [1.807, 2.05) is 19.9 Å². The van der Waals surface area contributed by atoms with E-state index >= 15 is 0 Å². The molecule has 2 N–H and O–H groups in total. The molecule has 0 atom stereocenters. The molecular weight excluding hydrogens is 308 g/mol. The minimum absolute atomic E-state index is 0.0353. The lowest BCUT2D eigenvalue weighted by Crippen LogP contribution is -2.11. The molecule has 1 fully saturated rings. The maximum absolute atomic E-state index is 11.8. The van der Waals surface area contributed by atoms with Gasteiger partial charge in [-0.15, -0.1) is 0 Å². The summed E-state index contributed by atoms with van der Waals surface area (Å²) in [6.07, 6.45) is 5.19. The molecule has 0 aliphatic heterocycles. The van der Waals surface area contributed by atoms with Gasteiger partial charge in [0, 0.05) is 0 Å². The number of imidazole rings is 1. The SMILES string of the molecule is CCOc1cc(C=Nn2cc(C)nc2N)ccc1OC(=O)C1CC1. The summed E-state index contributed by atoms with van der Waals surface area (Å²) in [5, 5.41) is 4.27. The van der Waals surface area contributed by atoms with Crippen molar-refractivity contribution in [3.05, 3.63) is 35.7 Å². The fourth-order valence-corrected chi connectivity index (χ4v) is 2.19. The number of rotatable bonds is 6. The zero-order valence-electron chi connectivity index (χ0n) is 13.7. The summed E-state index contributed by atoms with van der Waals surface area (Å²) in [5.41, 5.74) is 7.35. The van der Waals surface area contributed by atoms with Gasteiger partial charge in [-0.25, -0.2) is 9.66 Å². The van der Waals surface area contributed by atoms with Gasteiger partial charge < -0.3 is 15.2 Å². The van der Waals surface area contributed by atoms with Gasteiger partial charge in [0.1, 0.15) is 0 Å². The van der Waals surface area contributed by atoms with E-state index < -0.39 is 0 Å². The Hall–Kier alpha value is -2.83. The zero-order valence-corrected chi connectivity index (χ0v) is 13.7. The van der Waals surface area contributed by atoms with E-state index in [1.54, 1.807) is 24.5 Å². The molecule has 7 heteroatoms. The van der Waals surface area contributed by atoms with Gasteiger partial charge in [0.15, 0.2) is 11.5 Å². The van der Waals surface area contributed by atoms with Crippen LogP contribution in [0.2, 0.25) is 0 Å². The highest BCUT2D eigenvalue weighted by atomic mass is 16.6. The van der Waals surface area contributed by atoms with E-state index in [9.17, 15) is 4.79 Å². The number of carbonyl (C=O) groups excluding carboxylic acids is 1. The first kappa shape index (κ1) is 16.0. The smallest absolute Gasteiger partial charge is 0.314 e. The summed E-state index contributed by atoms with van der Waals surface area (Å²) in [6, 6.07) is 5.30. The molecule has 0 spiro atoms. The van der Waals surface area contributed by atoms with Crippen LogP contribution in [-0.4, -0.2) is 28.5 Å². The minimum atomic E-state index is -0.195. The molecule has 1 aliphatic carbocycles. The van der Waals surface area contributed by atoms with Crippen LogP contribution >= 0.6 is 0 Å². The van der Waals surface area contributed by atoms with Gasteiger partial charge in [-0.2, -0.15) is 5.10 Å². The van der Waals surface area contributed by atoms with E-state index in [4.69, 9.17) is 15.2 Å². The van der Waals surface area contributed by atoms with Gasteiger partial charge in [-0.3, -0.25) is 4.79 Å². The minimum Gasteiger partial charge on any atom is -0.490 e. The Labute approximate surface area is 140 Å². The third-order valence-corrected chi connectivity index (χ3v) is 3.55. The molecule has 7 nitrogen and oxygen atoms in total. The molecule has 0 amide bonds. The van der Waals surface area contributed by atoms with E-state index in [-0.39, 0.29) is 11.9 Å². The molecule has 1 aromatic carbocycles. The lowest BCUT2D eigenvalue weighted by Gasteiger charge is -2.11. The summed E-state index contributed by atoms with van der Waals surface area (Å²) in [7, 11) is 0. The van der Waals surface area contributed by atoms with Crippen LogP contribution in [0, 0.1) is 12.8 Å². The van der Waals surface area contributed by atoms with Gasteiger partial charge in [-0.05, 0) is 50.5 Å². The second kappa shape index (κ2) is 6.74. The van der Waals surface area contributed by atoms with E-state index in [2.05, 4.69) is 10.1 Å². The Bertz CT molecular complexity index is 778. The summed E-state index contributed by atoms with van der Waals surface area (Å²) in [4.78, 5) is 15.9. The van der Waals surface area contributed by atoms with Crippen LogP contribution in [-0.2, 0) is 4.79 Å². The highest BCUT2D eigenvalue weighted by molar-refractivity contribution is 5.82. The number of nitrogens with two attached hydrogens (primary N) is 1. The van der Waals surface area contributed by atoms with Crippen molar-refractivity contribution in [3.8, 4) is 11.5 Å². The highest BCUT2D eigenvalue weighted by Gasteiger charge is 2.32. The number of nitrogens with zero attached hydrogens (tertiary/aromatic N) is 3. The predicted molar refractivity (Wildman–Crippen MR) is 90.3 cm³/mol. The maximum atomic E-state index is 11.8. The average Bonchev–Trinajstić information content (AvgIpc) is 3.34. The first-order valence-electron chi connectivity index (χ1n) is 7.91. The van der Waals surface area contributed by atoms with Crippen LogP contribution in [0.3, 0.4) is 0 Å². The monoisotopic (exact) mass is 328 g/mol. The maximum Gasteiger partial charge on any atom is 0.314 e. The quantitative estimate of drug-likeness (QED) is 0.499. The molecule has 0 bridgehead atoms. The second-order valence-corrected chi connectivity index (χ2v) is 5.66. The van der Waals surface area contributed by atoms with E-state index in [1.165, 1.54) is 4.68 Å². The van der Waals surface area contributed by atoms with Crippen molar-refractivity contribution in [1.82, 2.24) is 9.66 Å². The molecule has 0 saturated heterocycles. The van der Waals surface area contributed by atoms with Gasteiger partial charge in [0.05, 0.1) is 30.6 Å². The van der Waals surface area contributed by atoms with Gasteiger partial charge in [-0.1, -0.05) is 0 Å². The highest BCUT2D eigenvalue weighted by Crippen LogP contribution is 2.34. The fraction of sp³-hybridized carbons (Fsp3) is 0.353. The van der Waals surface area contributed by atoms with Gasteiger partial charge >= 0.3 is 5.97 Å². The van der Waals surface area contributed by atoms with Gasteiger partial charge in [0.2, 0.25) is 5.95 Å². The topological polar surface area (TPSA) is 91.7 Å². The fourth-order valence-electron chi connectivity index (χ4n) is 2.19. The van der Waals surface area contributed by atoms with Crippen LogP contribution in [0.4, 0.5) is 5.95 Å². The summed E-state index contributed by atoms with van der Waals surface area (Å²) < 4.78 is 12.5. The Balaban J connectivity index is 1.79. The zero-order chi connectivity index (χ0) is 17.1. The lowest BCUT2D eigenvalue weighted by atomic mass is 10.2. The van der Waals surface area contributed by atoms with Crippen molar-refractivity contribution in [2.45, 2.75) is 26.7 Å². The second-order valence-electron chi connectivity index (χ2n) is 5.66. The number of aromatic nitrogens is 2. The number of hydrogen-bond acceptors (Lipinski definition) is 6. The Morgan fingerprint density at radius 3 is 2.88 bits per heavy atom. The largest absolute Gasteiger partial charge is 0.490 e. The van der Waals surface area contributed by atoms with Crippen LogP contribution in [0.5, 0.6) is 11.5 Å². The summed E-state index contributed by atoms with van der Waals surface area (Å²) in [6.45, 7) is 4.20. The molecule has 3 rings (SSSR count).